The fraction of sp³-hybridized carbons (Fsp3) is 1.00. The van der Waals surface area contributed by atoms with Gasteiger partial charge >= 0.3 is 8.56 Å². The maximum Gasteiger partial charge on any atom is 0.336 e. The van der Waals surface area contributed by atoms with Gasteiger partial charge in [0.15, 0.2) is 0 Å². The standard InChI is InChI=1S/C9H24N2O2Si/c1-8(10)5-6-13-14(4,12-3)7-9(2)11/h8-9H,5-7,10-11H2,1-4H3. The summed E-state index contributed by atoms with van der Waals surface area (Å²) in [5.74, 6) is 0. The summed E-state index contributed by atoms with van der Waals surface area (Å²) >= 11 is 0. The van der Waals surface area contributed by atoms with Crippen molar-refractivity contribution in [2.75, 3.05) is 13.7 Å². The molecule has 0 saturated carbocycles. The van der Waals surface area contributed by atoms with E-state index in [0.29, 0.717) is 6.61 Å². The average molecular weight is 220 g/mol. The molecule has 0 spiro atoms. The summed E-state index contributed by atoms with van der Waals surface area (Å²) in [4.78, 5) is 0. The molecular weight excluding hydrogens is 196 g/mol. The van der Waals surface area contributed by atoms with Gasteiger partial charge < -0.3 is 20.3 Å². The lowest BCUT2D eigenvalue weighted by Crippen LogP contribution is -2.43. The predicted octanol–water partition coefficient (Wildman–Crippen LogP) is 0.806. The van der Waals surface area contributed by atoms with Crippen LogP contribution in [0.2, 0.25) is 12.6 Å². The first-order valence-corrected chi connectivity index (χ1v) is 7.62. The normalized spacial score (nSPS) is 20.1. The van der Waals surface area contributed by atoms with Gasteiger partial charge in [0.2, 0.25) is 0 Å². The lowest BCUT2D eigenvalue weighted by atomic mass is 10.3. The fourth-order valence-corrected chi connectivity index (χ4v) is 3.37. The van der Waals surface area contributed by atoms with Crippen molar-refractivity contribution in [1.29, 1.82) is 0 Å². The van der Waals surface area contributed by atoms with Crippen LogP contribution in [0.3, 0.4) is 0 Å². The first-order valence-electron chi connectivity index (χ1n) is 5.10. The van der Waals surface area contributed by atoms with Crippen molar-refractivity contribution in [2.45, 2.75) is 44.9 Å². The minimum Gasteiger partial charge on any atom is -0.398 e. The van der Waals surface area contributed by atoms with Gasteiger partial charge in [-0.2, -0.15) is 0 Å². The summed E-state index contributed by atoms with van der Waals surface area (Å²) in [6.07, 6.45) is 0.866. The first-order chi connectivity index (χ1) is 6.39. The molecule has 86 valence electrons. The van der Waals surface area contributed by atoms with Crippen molar-refractivity contribution in [3.05, 3.63) is 0 Å². The quantitative estimate of drug-likeness (QED) is 0.623. The Morgan fingerprint density at radius 2 is 1.79 bits per heavy atom. The van der Waals surface area contributed by atoms with Crippen LogP contribution in [0.15, 0.2) is 0 Å². The maximum atomic E-state index is 5.76. The van der Waals surface area contributed by atoms with E-state index in [2.05, 4.69) is 0 Å². The van der Waals surface area contributed by atoms with Crippen LogP contribution in [0.1, 0.15) is 20.3 Å². The summed E-state index contributed by atoms with van der Waals surface area (Å²) in [5, 5.41) is 0. The third-order valence-corrected chi connectivity index (χ3v) is 5.17. The Morgan fingerprint density at radius 1 is 1.21 bits per heavy atom. The Bertz CT molecular complexity index is 156. The van der Waals surface area contributed by atoms with Crippen LogP contribution in [0.5, 0.6) is 0 Å². The molecule has 0 heterocycles. The number of hydrogen-bond donors (Lipinski definition) is 2. The Morgan fingerprint density at radius 3 is 2.14 bits per heavy atom. The van der Waals surface area contributed by atoms with E-state index in [0.717, 1.165) is 12.5 Å². The molecule has 0 aliphatic heterocycles. The van der Waals surface area contributed by atoms with Crippen molar-refractivity contribution < 1.29 is 8.85 Å². The molecule has 0 aliphatic carbocycles. The Balaban J connectivity index is 3.86. The van der Waals surface area contributed by atoms with Crippen LogP contribution in [0.25, 0.3) is 0 Å². The van der Waals surface area contributed by atoms with Crippen molar-refractivity contribution in [1.82, 2.24) is 0 Å². The van der Waals surface area contributed by atoms with Gasteiger partial charge in [0.25, 0.3) is 0 Å². The van der Waals surface area contributed by atoms with E-state index in [9.17, 15) is 0 Å². The van der Waals surface area contributed by atoms with Gasteiger partial charge in [0.05, 0.1) is 0 Å². The molecule has 14 heavy (non-hydrogen) atoms. The molecule has 0 rings (SSSR count). The second kappa shape index (κ2) is 6.52. The van der Waals surface area contributed by atoms with Gasteiger partial charge in [-0.05, 0) is 19.9 Å². The van der Waals surface area contributed by atoms with Crippen molar-refractivity contribution in [3.8, 4) is 0 Å². The molecule has 0 aliphatic rings. The molecule has 0 fully saturated rings. The zero-order valence-electron chi connectivity index (χ0n) is 9.75. The minimum absolute atomic E-state index is 0.127. The Hall–Kier alpha value is 0.0569. The molecule has 0 radical (unpaired) electrons. The smallest absolute Gasteiger partial charge is 0.336 e. The highest BCUT2D eigenvalue weighted by atomic mass is 28.4. The Labute approximate surface area is 88.2 Å². The molecule has 0 aromatic heterocycles. The van der Waals surface area contributed by atoms with Crippen LogP contribution in [0, 0.1) is 0 Å². The number of rotatable bonds is 7. The minimum atomic E-state index is -2.03. The van der Waals surface area contributed by atoms with Gasteiger partial charge in [-0.3, -0.25) is 0 Å². The van der Waals surface area contributed by atoms with E-state index in [1.807, 2.05) is 20.4 Å². The van der Waals surface area contributed by atoms with Crippen LogP contribution in [-0.2, 0) is 8.85 Å². The van der Waals surface area contributed by atoms with Gasteiger partial charge in [-0.15, -0.1) is 0 Å². The van der Waals surface area contributed by atoms with Crippen LogP contribution >= 0.6 is 0 Å². The van der Waals surface area contributed by atoms with E-state index in [1.54, 1.807) is 7.11 Å². The van der Waals surface area contributed by atoms with Gasteiger partial charge in [-0.25, -0.2) is 0 Å². The molecule has 0 amide bonds. The van der Waals surface area contributed by atoms with Crippen molar-refractivity contribution in [2.24, 2.45) is 11.5 Å². The predicted molar refractivity (Wildman–Crippen MR) is 61.3 cm³/mol. The summed E-state index contributed by atoms with van der Waals surface area (Å²) in [6.45, 7) is 6.65. The monoisotopic (exact) mass is 220 g/mol. The number of hydrogen-bond acceptors (Lipinski definition) is 4. The maximum absolute atomic E-state index is 5.76. The molecule has 3 unspecified atom stereocenters. The molecule has 0 bridgehead atoms. The second-order valence-corrected chi connectivity index (χ2v) is 7.51. The highest BCUT2D eigenvalue weighted by Gasteiger charge is 2.31. The lowest BCUT2D eigenvalue weighted by Gasteiger charge is -2.27. The van der Waals surface area contributed by atoms with Gasteiger partial charge in [0, 0.05) is 31.8 Å². The molecular formula is C9H24N2O2Si. The molecule has 3 atom stereocenters. The van der Waals surface area contributed by atoms with E-state index in [-0.39, 0.29) is 12.1 Å². The summed E-state index contributed by atoms with van der Waals surface area (Å²) in [6, 6.07) is 1.13. The van der Waals surface area contributed by atoms with E-state index < -0.39 is 8.56 Å². The van der Waals surface area contributed by atoms with E-state index >= 15 is 0 Å². The third-order valence-electron chi connectivity index (χ3n) is 2.11. The van der Waals surface area contributed by atoms with Crippen LogP contribution in [0.4, 0.5) is 0 Å². The average Bonchev–Trinajstić information content (AvgIpc) is 2.02. The van der Waals surface area contributed by atoms with Crippen LogP contribution < -0.4 is 11.5 Å². The SMILES string of the molecule is CO[Si](C)(CC(C)N)OCCC(C)N. The molecule has 5 heteroatoms. The molecule has 4 N–H and O–H groups in total. The van der Waals surface area contributed by atoms with Gasteiger partial charge in [0.1, 0.15) is 0 Å². The van der Waals surface area contributed by atoms with Crippen molar-refractivity contribution >= 4 is 8.56 Å². The third kappa shape index (κ3) is 6.50. The molecule has 0 aromatic rings. The van der Waals surface area contributed by atoms with E-state index in [4.69, 9.17) is 20.3 Å². The van der Waals surface area contributed by atoms with E-state index in [1.165, 1.54) is 0 Å². The van der Waals surface area contributed by atoms with Gasteiger partial charge in [-0.1, -0.05) is 6.92 Å². The molecule has 4 nitrogen and oxygen atoms in total. The topological polar surface area (TPSA) is 70.5 Å². The second-order valence-electron chi connectivity index (χ2n) is 4.13. The van der Waals surface area contributed by atoms with Crippen molar-refractivity contribution in [3.63, 3.8) is 0 Å². The zero-order valence-corrected chi connectivity index (χ0v) is 10.7. The molecule has 0 aromatic carbocycles. The highest BCUT2D eigenvalue weighted by Crippen LogP contribution is 2.14. The summed E-state index contributed by atoms with van der Waals surface area (Å²) < 4.78 is 11.2. The summed E-state index contributed by atoms with van der Waals surface area (Å²) in [5.41, 5.74) is 11.4. The largest absolute Gasteiger partial charge is 0.398 e. The first kappa shape index (κ1) is 14.1. The molecule has 0 saturated heterocycles. The number of nitrogens with two attached hydrogens (primary N) is 2. The lowest BCUT2D eigenvalue weighted by molar-refractivity contribution is 0.196. The highest BCUT2D eigenvalue weighted by molar-refractivity contribution is 6.66. The fourth-order valence-electron chi connectivity index (χ4n) is 1.25. The Kier molecular flexibility index (Phi) is 6.55. The zero-order chi connectivity index (χ0) is 11.2. The summed E-state index contributed by atoms with van der Waals surface area (Å²) in [7, 11) is -0.339. The van der Waals surface area contributed by atoms with Crippen LogP contribution in [-0.4, -0.2) is 34.4 Å².